The fraction of sp³-hybridized carbons (Fsp3) is 0. The van der Waals surface area contributed by atoms with Crippen LogP contribution in [0.5, 0.6) is 0 Å². The quantitative estimate of drug-likeness (QED) is 0.465. The lowest BCUT2D eigenvalue weighted by Crippen LogP contribution is -1.81. The number of nitrogens with zero attached hydrogens (tertiary/aromatic N) is 1. The van der Waals surface area contributed by atoms with Crippen molar-refractivity contribution in [1.29, 1.82) is 0 Å². The third-order valence-electron chi connectivity index (χ3n) is 1.29. The zero-order chi connectivity index (χ0) is 10.6. The van der Waals surface area contributed by atoms with Crippen molar-refractivity contribution in [3.8, 4) is 0 Å². The van der Waals surface area contributed by atoms with Crippen LogP contribution >= 0.6 is 35.0 Å². The Morgan fingerprint density at radius 3 is 2.43 bits per heavy atom. The molecule has 0 aliphatic rings. The van der Waals surface area contributed by atoms with E-state index in [1.165, 1.54) is 5.41 Å². The van der Waals surface area contributed by atoms with Crippen LogP contribution in [0.1, 0.15) is 0 Å². The summed E-state index contributed by atoms with van der Waals surface area (Å²) in [4.78, 5) is 10.1. The minimum atomic E-state index is -0.544. The van der Waals surface area contributed by atoms with Crippen LogP contribution in [0.2, 0.25) is 10.0 Å². The van der Waals surface area contributed by atoms with Crippen LogP contribution in [-0.2, 0) is 0 Å². The van der Waals surface area contributed by atoms with Crippen LogP contribution < -0.4 is 0 Å². The van der Waals surface area contributed by atoms with Crippen LogP contribution in [0.15, 0.2) is 34.7 Å². The second-order valence-electron chi connectivity index (χ2n) is 2.24. The predicted octanol–water partition coefficient (Wildman–Crippen LogP) is 3.83. The molecular formula is C8H5Cl2NO2S. The molecule has 0 saturated carbocycles. The third kappa shape index (κ3) is 3.21. The highest BCUT2D eigenvalue weighted by atomic mass is 35.5. The van der Waals surface area contributed by atoms with Gasteiger partial charge in [0.05, 0.1) is 15.0 Å². The summed E-state index contributed by atoms with van der Waals surface area (Å²) in [6.45, 7) is 0. The first-order valence-electron chi connectivity index (χ1n) is 3.52. The number of hydrogen-bond donors (Lipinski definition) is 0. The number of benzene rings is 1. The lowest BCUT2D eigenvalue weighted by Gasteiger charge is -2.01. The molecule has 0 atom stereocenters. The number of halogens is 2. The fourth-order valence-corrected chi connectivity index (χ4v) is 2.07. The van der Waals surface area contributed by atoms with Crippen LogP contribution in [0.4, 0.5) is 0 Å². The normalized spacial score (nSPS) is 10.7. The van der Waals surface area contributed by atoms with E-state index < -0.39 is 4.92 Å². The number of thioether (sulfide) groups is 1. The lowest BCUT2D eigenvalue weighted by atomic mass is 10.4. The van der Waals surface area contributed by atoms with E-state index in [1.807, 2.05) is 0 Å². The number of hydrogen-bond acceptors (Lipinski definition) is 3. The van der Waals surface area contributed by atoms with Crippen LogP contribution in [0.3, 0.4) is 0 Å². The molecule has 0 aliphatic carbocycles. The van der Waals surface area contributed by atoms with Gasteiger partial charge in [-0.1, -0.05) is 41.0 Å². The van der Waals surface area contributed by atoms with Crippen LogP contribution in [-0.4, -0.2) is 4.92 Å². The van der Waals surface area contributed by atoms with E-state index in [9.17, 15) is 10.1 Å². The summed E-state index contributed by atoms with van der Waals surface area (Å²) in [6.07, 6.45) is 0.838. The molecule has 0 aromatic heterocycles. The minimum absolute atomic E-state index is 0.482. The van der Waals surface area contributed by atoms with E-state index in [1.54, 1.807) is 18.2 Å². The fourth-order valence-electron chi connectivity index (χ4n) is 0.743. The second-order valence-corrected chi connectivity index (χ2v) is 3.97. The van der Waals surface area contributed by atoms with Crippen molar-refractivity contribution in [2.75, 3.05) is 0 Å². The lowest BCUT2D eigenvalue weighted by molar-refractivity contribution is -0.402. The number of rotatable bonds is 3. The molecule has 14 heavy (non-hydrogen) atoms. The van der Waals surface area contributed by atoms with Gasteiger partial charge in [0.25, 0.3) is 0 Å². The van der Waals surface area contributed by atoms with Gasteiger partial charge < -0.3 is 0 Å². The summed E-state index contributed by atoms with van der Waals surface area (Å²) in [5.41, 5.74) is 0. The number of nitro groups is 1. The molecule has 74 valence electrons. The molecule has 0 spiro atoms. The highest BCUT2D eigenvalue weighted by Crippen LogP contribution is 2.34. The highest BCUT2D eigenvalue weighted by Gasteiger charge is 2.04. The van der Waals surface area contributed by atoms with E-state index in [-0.39, 0.29) is 0 Å². The molecule has 0 saturated heterocycles. The molecule has 0 amide bonds. The Kier molecular flexibility index (Phi) is 4.25. The van der Waals surface area contributed by atoms with E-state index in [0.29, 0.717) is 14.9 Å². The third-order valence-corrected chi connectivity index (χ3v) is 3.07. The average molecular weight is 250 g/mol. The summed E-state index contributed by atoms with van der Waals surface area (Å²) >= 11 is 12.8. The smallest absolute Gasteiger partial charge is 0.241 e. The Bertz CT molecular complexity index is 361. The topological polar surface area (TPSA) is 43.1 Å². The van der Waals surface area contributed by atoms with Crippen molar-refractivity contribution >= 4 is 35.0 Å². The zero-order valence-corrected chi connectivity index (χ0v) is 9.14. The van der Waals surface area contributed by atoms with Gasteiger partial charge in [-0.2, -0.15) is 0 Å². The van der Waals surface area contributed by atoms with Gasteiger partial charge in [0.1, 0.15) is 0 Å². The first-order valence-corrected chi connectivity index (χ1v) is 5.15. The zero-order valence-electron chi connectivity index (χ0n) is 6.81. The van der Waals surface area contributed by atoms with Gasteiger partial charge in [0.2, 0.25) is 6.20 Å². The molecule has 3 nitrogen and oxygen atoms in total. The molecule has 0 bridgehead atoms. The maximum Gasteiger partial charge on any atom is 0.241 e. The molecule has 1 aromatic carbocycles. The van der Waals surface area contributed by atoms with Crippen molar-refractivity contribution in [2.45, 2.75) is 4.90 Å². The molecule has 1 aromatic rings. The summed E-state index contributed by atoms with van der Waals surface area (Å²) in [5.74, 6) is 0. The molecule has 0 aliphatic heterocycles. The molecule has 6 heteroatoms. The average Bonchev–Trinajstić information content (AvgIpc) is 2.09. The molecular weight excluding hydrogens is 245 g/mol. The second kappa shape index (κ2) is 5.24. The van der Waals surface area contributed by atoms with E-state index in [2.05, 4.69) is 0 Å². The van der Waals surface area contributed by atoms with Crippen molar-refractivity contribution in [2.24, 2.45) is 0 Å². The summed E-state index contributed by atoms with van der Waals surface area (Å²) in [7, 11) is 0. The van der Waals surface area contributed by atoms with Gasteiger partial charge in [-0.25, -0.2) is 0 Å². The molecule has 0 unspecified atom stereocenters. The van der Waals surface area contributed by atoms with Gasteiger partial charge in [-0.15, -0.1) is 0 Å². The Morgan fingerprint density at radius 2 is 1.93 bits per heavy atom. The minimum Gasteiger partial charge on any atom is -0.259 e. The largest absolute Gasteiger partial charge is 0.259 e. The van der Waals surface area contributed by atoms with Crippen molar-refractivity contribution in [3.63, 3.8) is 0 Å². The van der Waals surface area contributed by atoms with E-state index >= 15 is 0 Å². The summed E-state index contributed by atoms with van der Waals surface area (Å²) < 4.78 is 0. The summed E-state index contributed by atoms with van der Waals surface area (Å²) in [6, 6.07) is 5.07. The van der Waals surface area contributed by atoms with Crippen molar-refractivity contribution in [3.05, 3.63) is 50.0 Å². The van der Waals surface area contributed by atoms with Crippen molar-refractivity contribution in [1.82, 2.24) is 0 Å². The standard InChI is InChI=1S/C8H5Cl2NO2S/c9-6-2-1-3-7(10)8(6)14-5-4-11(12)13/h1-5H. The predicted molar refractivity (Wildman–Crippen MR) is 58.5 cm³/mol. The Balaban J connectivity index is 2.81. The monoisotopic (exact) mass is 249 g/mol. The van der Waals surface area contributed by atoms with Gasteiger partial charge in [-0.3, -0.25) is 10.1 Å². The molecule has 0 radical (unpaired) electrons. The Morgan fingerprint density at radius 1 is 1.36 bits per heavy atom. The van der Waals surface area contributed by atoms with E-state index in [0.717, 1.165) is 18.0 Å². The van der Waals surface area contributed by atoms with Gasteiger partial charge in [0.15, 0.2) is 0 Å². The Hall–Kier alpha value is -0.710. The Labute approximate surface area is 94.9 Å². The molecule has 0 heterocycles. The SMILES string of the molecule is O=[N+]([O-])C=CSc1c(Cl)cccc1Cl. The van der Waals surface area contributed by atoms with E-state index in [4.69, 9.17) is 23.2 Å². The summed E-state index contributed by atoms with van der Waals surface area (Å²) in [5, 5.41) is 12.3. The van der Waals surface area contributed by atoms with Gasteiger partial charge >= 0.3 is 0 Å². The van der Waals surface area contributed by atoms with Crippen LogP contribution in [0.25, 0.3) is 0 Å². The van der Waals surface area contributed by atoms with Crippen LogP contribution in [0, 0.1) is 10.1 Å². The maximum absolute atomic E-state index is 10.00. The first-order chi connectivity index (χ1) is 6.61. The molecule has 1 rings (SSSR count). The molecule has 0 N–H and O–H groups in total. The highest BCUT2D eigenvalue weighted by molar-refractivity contribution is 8.02. The van der Waals surface area contributed by atoms with Crippen molar-refractivity contribution < 1.29 is 4.92 Å². The van der Waals surface area contributed by atoms with Gasteiger partial charge in [-0.05, 0) is 12.1 Å². The first kappa shape index (κ1) is 11.4. The molecule has 0 fully saturated rings. The maximum atomic E-state index is 10.00. The van der Waals surface area contributed by atoms with Gasteiger partial charge in [0, 0.05) is 10.3 Å².